The van der Waals surface area contributed by atoms with Crippen LogP contribution in [0.2, 0.25) is 0 Å². The predicted octanol–water partition coefficient (Wildman–Crippen LogP) is 0.901. The second-order valence-electron chi connectivity index (χ2n) is 3.94. The van der Waals surface area contributed by atoms with E-state index < -0.39 is 0 Å². The summed E-state index contributed by atoms with van der Waals surface area (Å²) in [6.45, 7) is 1.94. The highest BCUT2D eigenvalue weighted by atomic mass is 16.2. The lowest BCUT2D eigenvalue weighted by Crippen LogP contribution is -2.23. The maximum atomic E-state index is 11.2. The van der Waals surface area contributed by atoms with Crippen LogP contribution in [0, 0.1) is 0 Å². The number of H-pyrrole nitrogens is 1. The number of carbonyl (C=O) groups excluding carboxylic acids is 1. The minimum absolute atomic E-state index is 0.0200. The molecule has 0 saturated carbocycles. The van der Waals surface area contributed by atoms with Gasteiger partial charge < -0.3 is 9.88 Å². The van der Waals surface area contributed by atoms with E-state index in [1.54, 1.807) is 18.0 Å². The van der Waals surface area contributed by atoms with Crippen LogP contribution in [-0.2, 0) is 11.3 Å². The van der Waals surface area contributed by atoms with Crippen LogP contribution in [-0.4, -0.2) is 27.8 Å². The zero-order chi connectivity index (χ0) is 12.4. The van der Waals surface area contributed by atoms with Gasteiger partial charge in [-0.25, -0.2) is 4.98 Å². The first-order chi connectivity index (χ1) is 8.06. The van der Waals surface area contributed by atoms with E-state index in [1.807, 2.05) is 12.1 Å². The zero-order valence-corrected chi connectivity index (χ0v) is 9.73. The van der Waals surface area contributed by atoms with Crippen LogP contribution in [0.4, 0.5) is 0 Å². The third kappa shape index (κ3) is 2.50. The van der Waals surface area contributed by atoms with Crippen LogP contribution in [0.3, 0.4) is 0 Å². The number of hydrogen-bond donors (Lipinski definition) is 1. The molecule has 0 aromatic carbocycles. The van der Waals surface area contributed by atoms with Gasteiger partial charge >= 0.3 is 0 Å². The van der Waals surface area contributed by atoms with E-state index in [1.165, 1.54) is 13.0 Å². The fraction of sp³-hybridized carbons (Fsp3) is 0.250. The Kier molecular flexibility index (Phi) is 2.91. The van der Waals surface area contributed by atoms with E-state index in [-0.39, 0.29) is 11.5 Å². The number of nitrogens with zero attached hydrogens (tertiary/aromatic N) is 2. The molecule has 0 spiro atoms. The number of aromatic nitrogens is 2. The molecule has 0 saturated heterocycles. The maximum absolute atomic E-state index is 11.2. The lowest BCUT2D eigenvalue weighted by molar-refractivity contribution is -0.128. The number of carbonyl (C=O) groups is 1. The van der Waals surface area contributed by atoms with Crippen LogP contribution in [0.15, 0.2) is 29.1 Å². The Bertz CT molecular complexity index is 618. The Morgan fingerprint density at radius 3 is 2.76 bits per heavy atom. The quantitative estimate of drug-likeness (QED) is 0.835. The van der Waals surface area contributed by atoms with Crippen LogP contribution in [0.1, 0.15) is 12.6 Å². The fourth-order valence-electron chi connectivity index (χ4n) is 1.51. The average molecular weight is 231 g/mol. The highest BCUT2D eigenvalue weighted by Crippen LogP contribution is 2.09. The Morgan fingerprint density at radius 1 is 1.35 bits per heavy atom. The average Bonchev–Trinajstić information content (AvgIpc) is 2.28. The molecule has 0 unspecified atom stereocenters. The normalized spacial score (nSPS) is 10.5. The van der Waals surface area contributed by atoms with Crippen molar-refractivity contribution in [3.05, 3.63) is 40.3 Å². The van der Waals surface area contributed by atoms with Gasteiger partial charge in [-0.05, 0) is 18.2 Å². The van der Waals surface area contributed by atoms with Crippen molar-refractivity contribution in [1.29, 1.82) is 0 Å². The second kappa shape index (κ2) is 4.37. The minimum Gasteiger partial charge on any atom is -0.340 e. The van der Waals surface area contributed by atoms with E-state index in [9.17, 15) is 9.59 Å². The molecule has 2 aromatic heterocycles. The Labute approximate surface area is 98.1 Å². The summed E-state index contributed by atoms with van der Waals surface area (Å²) in [7, 11) is 1.71. The number of pyridine rings is 2. The van der Waals surface area contributed by atoms with Gasteiger partial charge in [0.1, 0.15) is 5.65 Å². The molecule has 88 valence electrons. The predicted molar refractivity (Wildman–Crippen MR) is 64.5 cm³/mol. The zero-order valence-electron chi connectivity index (χ0n) is 9.73. The molecule has 0 radical (unpaired) electrons. The van der Waals surface area contributed by atoms with Gasteiger partial charge in [0.2, 0.25) is 11.5 Å². The molecule has 0 aliphatic rings. The van der Waals surface area contributed by atoms with Gasteiger partial charge in [-0.1, -0.05) is 0 Å². The van der Waals surface area contributed by atoms with Crippen molar-refractivity contribution < 1.29 is 4.79 Å². The lowest BCUT2D eigenvalue weighted by atomic mass is 10.2. The van der Waals surface area contributed by atoms with E-state index in [2.05, 4.69) is 9.97 Å². The smallest absolute Gasteiger partial charge is 0.249 e. The fourth-order valence-corrected chi connectivity index (χ4v) is 1.51. The molecule has 2 aromatic rings. The van der Waals surface area contributed by atoms with Crippen molar-refractivity contribution in [2.75, 3.05) is 7.05 Å². The summed E-state index contributed by atoms with van der Waals surface area (Å²) < 4.78 is 0. The molecule has 0 fully saturated rings. The van der Waals surface area contributed by atoms with Crippen molar-refractivity contribution in [1.82, 2.24) is 14.9 Å². The molecule has 0 aliphatic heterocycles. The molecule has 0 bridgehead atoms. The van der Waals surface area contributed by atoms with Crippen molar-refractivity contribution in [2.45, 2.75) is 13.5 Å². The topological polar surface area (TPSA) is 66.1 Å². The van der Waals surface area contributed by atoms with E-state index in [0.717, 1.165) is 11.1 Å². The van der Waals surface area contributed by atoms with E-state index in [0.29, 0.717) is 12.2 Å². The minimum atomic E-state index is -0.179. The molecule has 0 aliphatic carbocycles. The van der Waals surface area contributed by atoms with Gasteiger partial charge in [-0.2, -0.15) is 0 Å². The molecular weight excluding hydrogens is 218 g/mol. The van der Waals surface area contributed by atoms with Crippen LogP contribution < -0.4 is 5.56 Å². The van der Waals surface area contributed by atoms with Crippen LogP contribution in [0.25, 0.3) is 11.0 Å². The van der Waals surface area contributed by atoms with Crippen molar-refractivity contribution >= 4 is 16.9 Å². The summed E-state index contributed by atoms with van der Waals surface area (Å²) in [5.41, 5.74) is 1.12. The van der Waals surface area contributed by atoms with Crippen molar-refractivity contribution in [3.8, 4) is 0 Å². The van der Waals surface area contributed by atoms with E-state index in [4.69, 9.17) is 0 Å². The molecule has 1 amide bonds. The van der Waals surface area contributed by atoms with Gasteiger partial charge in [0, 0.05) is 25.4 Å². The first-order valence-electron chi connectivity index (χ1n) is 5.27. The SMILES string of the molecule is CC(=O)N(C)Cc1ccc2ccc(=O)[nH]c2n1. The summed E-state index contributed by atoms with van der Waals surface area (Å²) in [6.07, 6.45) is 0. The van der Waals surface area contributed by atoms with Gasteiger partial charge in [0.15, 0.2) is 0 Å². The largest absolute Gasteiger partial charge is 0.340 e. The number of aromatic amines is 1. The Hall–Kier alpha value is -2.17. The first kappa shape index (κ1) is 11.3. The molecular formula is C12H13N3O2. The lowest BCUT2D eigenvalue weighted by Gasteiger charge is -2.14. The van der Waals surface area contributed by atoms with Gasteiger partial charge in [-0.15, -0.1) is 0 Å². The molecule has 17 heavy (non-hydrogen) atoms. The third-order valence-electron chi connectivity index (χ3n) is 2.58. The number of fused-ring (bicyclic) bond motifs is 1. The molecule has 5 nitrogen and oxygen atoms in total. The third-order valence-corrected chi connectivity index (χ3v) is 2.58. The summed E-state index contributed by atoms with van der Waals surface area (Å²) in [5.74, 6) is -0.0200. The second-order valence-corrected chi connectivity index (χ2v) is 3.94. The Balaban J connectivity index is 2.37. The van der Waals surface area contributed by atoms with Crippen LogP contribution in [0.5, 0.6) is 0 Å². The number of rotatable bonds is 2. The molecule has 5 heteroatoms. The maximum Gasteiger partial charge on any atom is 0.249 e. The number of hydrogen-bond acceptors (Lipinski definition) is 3. The van der Waals surface area contributed by atoms with Crippen molar-refractivity contribution in [2.24, 2.45) is 0 Å². The van der Waals surface area contributed by atoms with Crippen LogP contribution >= 0.6 is 0 Å². The summed E-state index contributed by atoms with van der Waals surface area (Å²) >= 11 is 0. The summed E-state index contributed by atoms with van der Waals surface area (Å²) in [6, 6.07) is 6.91. The highest BCUT2D eigenvalue weighted by molar-refractivity contribution is 5.75. The standard InChI is InChI=1S/C12H13N3O2/c1-8(16)15(2)7-10-5-3-9-4-6-11(17)14-12(9)13-10/h3-6H,7H2,1-2H3,(H,13,14,17). The molecule has 2 heterocycles. The first-order valence-corrected chi connectivity index (χ1v) is 5.27. The van der Waals surface area contributed by atoms with Gasteiger partial charge in [0.25, 0.3) is 0 Å². The van der Waals surface area contributed by atoms with Gasteiger partial charge in [-0.3, -0.25) is 9.59 Å². The van der Waals surface area contributed by atoms with E-state index >= 15 is 0 Å². The molecule has 0 atom stereocenters. The number of nitrogens with one attached hydrogen (secondary N) is 1. The van der Waals surface area contributed by atoms with Gasteiger partial charge in [0.05, 0.1) is 12.2 Å². The molecule has 1 N–H and O–H groups in total. The summed E-state index contributed by atoms with van der Waals surface area (Å²) in [5, 5.41) is 0.874. The monoisotopic (exact) mass is 231 g/mol. The summed E-state index contributed by atoms with van der Waals surface area (Å²) in [4.78, 5) is 30.8. The number of amides is 1. The molecule has 2 rings (SSSR count). The highest BCUT2D eigenvalue weighted by Gasteiger charge is 2.05. The van der Waals surface area contributed by atoms with Crippen molar-refractivity contribution in [3.63, 3.8) is 0 Å². The Morgan fingerprint density at radius 2 is 2.06 bits per heavy atom.